The van der Waals surface area contributed by atoms with Crippen LogP contribution in [0.4, 0.5) is 0 Å². The molecule has 0 bridgehead atoms. The third-order valence-electron chi connectivity index (χ3n) is 1.68. The Morgan fingerprint density at radius 2 is 2.08 bits per heavy atom. The lowest BCUT2D eigenvalue weighted by Crippen LogP contribution is -2.12. The van der Waals surface area contributed by atoms with Crippen molar-refractivity contribution in [2.75, 3.05) is 0 Å². The molecule has 0 atom stereocenters. The Hall–Kier alpha value is -1.35. The number of hydrogen-bond acceptors (Lipinski definition) is 2. The van der Waals surface area contributed by atoms with Crippen molar-refractivity contribution in [1.29, 1.82) is 5.41 Å². The lowest BCUT2D eigenvalue weighted by molar-refractivity contribution is 1.06. The molecule has 1 aromatic carbocycles. The minimum Gasteiger partial charge on any atom is -0.384 e. The van der Waals surface area contributed by atoms with Gasteiger partial charge in [-0.25, -0.2) is 0 Å². The van der Waals surface area contributed by atoms with Gasteiger partial charge in [0, 0.05) is 12.1 Å². The van der Waals surface area contributed by atoms with Gasteiger partial charge in [0.05, 0.1) is 0 Å². The average Bonchev–Trinajstić information content (AvgIpc) is 2.03. The molecule has 0 aromatic heterocycles. The van der Waals surface area contributed by atoms with E-state index in [1.54, 1.807) is 0 Å². The molecule has 0 saturated heterocycles. The molecule has 0 amide bonds. The van der Waals surface area contributed by atoms with Gasteiger partial charge in [-0.05, 0) is 24.6 Å². The predicted molar refractivity (Wildman–Crippen MR) is 50.1 cm³/mol. The summed E-state index contributed by atoms with van der Waals surface area (Å²) < 4.78 is 0. The van der Waals surface area contributed by atoms with Crippen LogP contribution in [-0.4, -0.2) is 5.84 Å². The van der Waals surface area contributed by atoms with Gasteiger partial charge in [0.15, 0.2) is 0 Å². The van der Waals surface area contributed by atoms with Crippen LogP contribution >= 0.6 is 0 Å². The van der Waals surface area contributed by atoms with Gasteiger partial charge in [-0.2, -0.15) is 0 Å². The van der Waals surface area contributed by atoms with Crippen molar-refractivity contribution in [3.05, 3.63) is 34.9 Å². The van der Waals surface area contributed by atoms with Crippen molar-refractivity contribution in [1.82, 2.24) is 0 Å². The lowest BCUT2D eigenvalue weighted by Gasteiger charge is -2.03. The maximum absolute atomic E-state index is 7.24. The molecule has 64 valence electrons. The third kappa shape index (κ3) is 1.83. The highest BCUT2D eigenvalue weighted by Crippen LogP contribution is 2.08. The first kappa shape index (κ1) is 8.74. The molecule has 0 heterocycles. The Bertz CT molecular complexity index is 305. The Morgan fingerprint density at radius 3 is 2.58 bits per heavy atom. The van der Waals surface area contributed by atoms with Crippen LogP contribution in [0.1, 0.15) is 16.7 Å². The van der Waals surface area contributed by atoms with Crippen molar-refractivity contribution in [2.24, 2.45) is 11.5 Å². The molecule has 0 spiro atoms. The molecule has 0 aliphatic carbocycles. The molecule has 0 fully saturated rings. The molecule has 0 aliphatic heterocycles. The Morgan fingerprint density at radius 1 is 1.42 bits per heavy atom. The Kier molecular flexibility index (Phi) is 2.45. The minimum atomic E-state index is 0.0911. The summed E-state index contributed by atoms with van der Waals surface area (Å²) in [6, 6.07) is 5.71. The maximum atomic E-state index is 7.24. The summed E-state index contributed by atoms with van der Waals surface area (Å²) >= 11 is 0. The second kappa shape index (κ2) is 3.36. The highest BCUT2D eigenvalue weighted by atomic mass is 14.7. The second-order valence-electron chi connectivity index (χ2n) is 2.83. The Labute approximate surface area is 71.9 Å². The van der Waals surface area contributed by atoms with Gasteiger partial charge < -0.3 is 11.5 Å². The molecule has 0 unspecified atom stereocenters. The van der Waals surface area contributed by atoms with E-state index in [0.29, 0.717) is 6.54 Å². The van der Waals surface area contributed by atoms with Crippen LogP contribution < -0.4 is 11.5 Å². The van der Waals surface area contributed by atoms with Crippen LogP contribution in [-0.2, 0) is 6.54 Å². The van der Waals surface area contributed by atoms with Crippen molar-refractivity contribution in [2.45, 2.75) is 13.5 Å². The average molecular weight is 163 g/mol. The molecular formula is C9H13N3. The zero-order valence-corrected chi connectivity index (χ0v) is 7.09. The van der Waals surface area contributed by atoms with Gasteiger partial charge in [-0.3, -0.25) is 5.41 Å². The number of aryl methyl sites for hydroxylation is 1. The van der Waals surface area contributed by atoms with Crippen molar-refractivity contribution < 1.29 is 0 Å². The van der Waals surface area contributed by atoms with Crippen LogP contribution in [0.3, 0.4) is 0 Å². The van der Waals surface area contributed by atoms with Gasteiger partial charge in [0.2, 0.25) is 0 Å². The molecule has 12 heavy (non-hydrogen) atoms. The highest BCUT2D eigenvalue weighted by molar-refractivity contribution is 5.95. The van der Waals surface area contributed by atoms with Gasteiger partial charge in [-0.15, -0.1) is 0 Å². The van der Waals surface area contributed by atoms with Crippen molar-refractivity contribution in [3.8, 4) is 0 Å². The van der Waals surface area contributed by atoms with Gasteiger partial charge >= 0.3 is 0 Å². The maximum Gasteiger partial charge on any atom is 0.122 e. The van der Waals surface area contributed by atoms with Gasteiger partial charge in [0.25, 0.3) is 0 Å². The first-order valence-corrected chi connectivity index (χ1v) is 3.78. The number of nitrogen functional groups attached to an aromatic ring is 1. The first-order chi connectivity index (χ1) is 5.63. The number of rotatable bonds is 2. The molecule has 5 N–H and O–H groups in total. The topological polar surface area (TPSA) is 75.9 Å². The first-order valence-electron chi connectivity index (χ1n) is 3.78. The number of hydrogen-bond donors (Lipinski definition) is 3. The normalized spacial score (nSPS) is 9.83. The summed E-state index contributed by atoms with van der Waals surface area (Å²) in [6.07, 6.45) is 0. The summed E-state index contributed by atoms with van der Waals surface area (Å²) in [5.41, 5.74) is 13.7. The van der Waals surface area contributed by atoms with Crippen LogP contribution in [0.2, 0.25) is 0 Å². The third-order valence-corrected chi connectivity index (χ3v) is 1.68. The van der Waals surface area contributed by atoms with E-state index in [1.807, 2.05) is 25.1 Å². The van der Waals surface area contributed by atoms with E-state index in [-0.39, 0.29) is 5.84 Å². The monoisotopic (exact) mass is 163 g/mol. The fourth-order valence-electron chi connectivity index (χ4n) is 1.14. The van der Waals surface area contributed by atoms with Crippen LogP contribution in [0.15, 0.2) is 18.2 Å². The van der Waals surface area contributed by atoms with E-state index in [1.165, 1.54) is 0 Å². The highest BCUT2D eigenvalue weighted by Gasteiger charge is 1.99. The number of amidine groups is 1. The summed E-state index contributed by atoms with van der Waals surface area (Å²) in [5.74, 6) is 0.0911. The van der Waals surface area contributed by atoms with E-state index in [0.717, 1.165) is 16.7 Å². The minimum absolute atomic E-state index is 0.0911. The van der Waals surface area contributed by atoms with Crippen molar-refractivity contribution >= 4 is 5.84 Å². The lowest BCUT2D eigenvalue weighted by atomic mass is 10.1. The van der Waals surface area contributed by atoms with E-state index in [9.17, 15) is 0 Å². The van der Waals surface area contributed by atoms with E-state index >= 15 is 0 Å². The summed E-state index contributed by atoms with van der Waals surface area (Å²) in [4.78, 5) is 0. The van der Waals surface area contributed by atoms with Crippen molar-refractivity contribution in [3.63, 3.8) is 0 Å². The Balaban J connectivity index is 3.15. The summed E-state index contributed by atoms with van der Waals surface area (Å²) in [6.45, 7) is 2.45. The molecule has 0 aliphatic rings. The zero-order chi connectivity index (χ0) is 9.14. The largest absolute Gasteiger partial charge is 0.384 e. The standard InChI is InChI=1S/C9H13N3/c1-6-2-7(5-10)4-8(3-6)9(11)12/h2-4H,5,10H2,1H3,(H3,11,12). The van der Waals surface area contributed by atoms with E-state index < -0.39 is 0 Å². The molecule has 3 heteroatoms. The van der Waals surface area contributed by atoms with Gasteiger partial charge in [-0.1, -0.05) is 11.6 Å². The van der Waals surface area contributed by atoms with E-state index in [4.69, 9.17) is 16.9 Å². The molecule has 1 rings (SSSR count). The van der Waals surface area contributed by atoms with Crippen LogP contribution in [0.25, 0.3) is 0 Å². The van der Waals surface area contributed by atoms with E-state index in [2.05, 4.69) is 0 Å². The van der Waals surface area contributed by atoms with Crippen LogP contribution in [0.5, 0.6) is 0 Å². The molecule has 0 radical (unpaired) electrons. The number of nitrogens with two attached hydrogens (primary N) is 2. The summed E-state index contributed by atoms with van der Waals surface area (Å²) in [7, 11) is 0. The fraction of sp³-hybridized carbons (Fsp3) is 0.222. The zero-order valence-electron chi connectivity index (χ0n) is 7.09. The molecular weight excluding hydrogens is 150 g/mol. The quantitative estimate of drug-likeness (QED) is 0.444. The van der Waals surface area contributed by atoms with Crippen LogP contribution in [0, 0.1) is 12.3 Å². The molecule has 1 aromatic rings. The van der Waals surface area contributed by atoms with Gasteiger partial charge in [0.1, 0.15) is 5.84 Å². The number of benzene rings is 1. The SMILES string of the molecule is Cc1cc(CN)cc(C(=N)N)c1. The second-order valence-corrected chi connectivity index (χ2v) is 2.83. The summed E-state index contributed by atoms with van der Waals surface area (Å²) in [5, 5.41) is 7.24. The molecule has 0 saturated carbocycles. The predicted octanol–water partition coefficient (Wildman–Crippen LogP) is 0.738. The molecule has 3 nitrogen and oxygen atoms in total. The smallest absolute Gasteiger partial charge is 0.122 e. The number of nitrogens with one attached hydrogen (secondary N) is 1. The fourth-order valence-corrected chi connectivity index (χ4v) is 1.14.